The highest BCUT2D eigenvalue weighted by molar-refractivity contribution is 9.10. The normalized spacial score (nSPS) is 21.9. The average molecular weight is 318 g/mol. The molecule has 1 aromatic carbocycles. The van der Waals surface area contributed by atoms with Gasteiger partial charge in [-0.25, -0.2) is 8.42 Å². The molecule has 0 N–H and O–H groups in total. The lowest BCUT2D eigenvalue weighted by molar-refractivity contribution is 0.379. The SMILES string of the molecule is CCC1CCCN1S(=O)(=O)c1cccc(Br)c1. The number of hydrogen-bond acceptors (Lipinski definition) is 2. The Morgan fingerprint density at radius 3 is 2.88 bits per heavy atom. The molecule has 2 rings (SSSR count). The van der Waals surface area contributed by atoms with Crippen LogP contribution in [0.25, 0.3) is 0 Å². The lowest BCUT2D eigenvalue weighted by Crippen LogP contribution is -2.35. The monoisotopic (exact) mass is 317 g/mol. The molecule has 0 saturated carbocycles. The molecule has 1 saturated heterocycles. The van der Waals surface area contributed by atoms with Gasteiger partial charge >= 0.3 is 0 Å². The van der Waals surface area contributed by atoms with Crippen molar-refractivity contribution in [3.63, 3.8) is 0 Å². The topological polar surface area (TPSA) is 37.4 Å². The zero-order valence-corrected chi connectivity index (χ0v) is 12.2. The van der Waals surface area contributed by atoms with E-state index in [0.717, 1.165) is 23.7 Å². The Hall–Kier alpha value is -0.390. The van der Waals surface area contributed by atoms with Crippen LogP contribution >= 0.6 is 15.9 Å². The Labute approximate surface area is 111 Å². The first-order valence-electron chi connectivity index (χ1n) is 5.83. The van der Waals surface area contributed by atoms with Crippen molar-refractivity contribution < 1.29 is 8.42 Å². The van der Waals surface area contributed by atoms with E-state index in [1.165, 1.54) is 0 Å². The number of hydrogen-bond donors (Lipinski definition) is 0. The van der Waals surface area contributed by atoms with E-state index in [4.69, 9.17) is 0 Å². The molecule has 0 radical (unpaired) electrons. The Morgan fingerprint density at radius 2 is 2.24 bits per heavy atom. The van der Waals surface area contributed by atoms with Crippen LogP contribution in [-0.2, 0) is 10.0 Å². The van der Waals surface area contributed by atoms with E-state index in [-0.39, 0.29) is 6.04 Å². The van der Waals surface area contributed by atoms with Crippen molar-refractivity contribution in [2.24, 2.45) is 0 Å². The molecule has 1 aromatic rings. The van der Waals surface area contributed by atoms with Crippen molar-refractivity contribution >= 4 is 26.0 Å². The van der Waals surface area contributed by atoms with E-state index in [9.17, 15) is 8.42 Å². The summed E-state index contributed by atoms with van der Waals surface area (Å²) in [5.74, 6) is 0. The van der Waals surface area contributed by atoms with Crippen LogP contribution < -0.4 is 0 Å². The van der Waals surface area contributed by atoms with Crippen LogP contribution in [0.5, 0.6) is 0 Å². The van der Waals surface area contributed by atoms with Gasteiger partial charge in [0.15, 0.2) is 0 Å². The van der Waals surface area contributed by atoms with Gasteiger partial charge in [-0.3, -0.25) is 0 Å². The third-order valence-corrected chi connectivity index (χ3v) is 5.64. The third-order valence-electron chi connectivity index (χ3n) is 3.20. The van der Waals surface area contributed by atoms with Gasteiger partial charge in [0.1, 0.15) is 0 Å². The molecular formula is C12H16BrNO2S. The summed E-state index contributed by atoms with van der Waals surface area (Å²) in [5, 5.41) is 0. The molecule has 1 aliphatic rings. The van der Waals surface area contributed by atoms with Crippen molar-refractivity contribution in [1.82, 2.24) is 4.31 Å². The predicted octanol–water partition coefficient (Wildman–Crippen LogP) is 3.01. The number of rotatable bonds is 3. The molecule has 17 heavy (non-hydrogen) atoms. The summed E-state index contributed by atoms with van der Waals surface area (Å²) >= 11 is 3.31. The van der Waals surface area contributed by atoms with Crippen LogP contribution in [0.1, 0.15) is 26.2 Å². The van der Waals surface area contributed by atoms with Gasteiger partial charge in [-0.05, 0) is 37.5 Å². The van der Waals surface area contributed by atoms with Crippen molar-refractivity contribution in [3.8, 4) is 0 Å². The molecule has 1 aliphatic heterocycles. The standard InChI is InChI=1S/C12H16BrNO2S/c1-2-11-6-4-8-14(11)17(15,16)12-7-3-5-10(13)9-12/h3,5,7,9,11H,2,4,6,8H2,1H3. The molecule has 94 valence electrons. The quantitative estimate of drug-likeness (QED) is 0.859. The van der Waals surface area contributed by atoms with E-state index < -0.39 is 10.0 Å². The minimum atomic E-state index is -3.32. The summed E-state index contributed by atoms with van der Waals surface area (Å²) in [6.45, 7) is 2.69. The highest BCUT2D eigenvalue weighted by Crippen LogP contribution is 2.28. The molecule has 1 heterocycles. The van der Waals surface area contributed by atoms with Gasteiger partial charge < -0.3 is 0 Å². The van der Waals surface area contributed by atoms with Crippen LogP contribution in [0, 0.1) is 0 Å². The molecule has 0 amide bonds. The second-order valence-corrected chi connectivity index (χ2v) is 7.08. The van der Waals surface area contributed by atoms with Gasteiger partial charge in [0, 0.05) is 17.1 Å². The van der Waals surface area contributed by atoms with Crippen molar-refractivity contribution in [2.75, 3.05) is 6.54 Å². The van der Waals surface area contributed by atoms with Gasteiger partial charge in [0.05, 0.1) is 4.90 Å². The number of nitrogens with zero attached hydrogens (tertiary/aromatic N) is 1. The summed E-state index contributed by atoms with van der Waals surface area (Å²) < 4.78 is 27.4. The molecule has 5 heteroatoms. The first-order valence-corrected chi connectivity index (χ1v) is 8.06. The van der Waals surface area contributed by atoms with Crippen molar-refractivity contribution in [1.29, 1.82) is 0 Å². The lowest BCUT2D eigenvalue weighted by Gasteiger charge is -2.23. The van der Waals surface area contributed by atoms with Gasteiger partial charge in [-0.2, -0.15) is 4.31 Å². The Bertz CT molecular complexity index is 501. The lowest BCUT2D eigenvalue weighted by atomic mass is 10.2. The number of benzene rings is 1. The predicted molar refractivity (Wildman–Crippen MR) is 71.3 cm³/mol. The summed E-state index contributed by atoms with van der Waals surface area (Å²) in [4.78, 5) is 0.382. The van der Waals surface area contributed by atoms with Gasteiger partial charge in [0.2, 0.25) is 10.0 Å². The second-order valence-electron chi connectivity index (χ2n) is 4.28. The molecule has 1 unspecified atom stereocenters. The highest BCUT2D eigenvalue weighted by Gasteiger charge is 2.34. The van der Waals surface area contributed by atoms with Crippen molar-refractivity contribution in [2.45, 2.75) is 37.1 Å². The maximum Gasteiger partial charge on any atom is 0.243 e. The van der Waals surface area contributed by atoms with E-state index in [1.807, 2.05) is 13.0 Å². The maximum atomic E-state index is 12.5. The van der Waals surface area contributed by atoms with Crippen LogP contribution in [0.2, 0.25) is 0 Å². The van der Waals surface area contributed by atoms with Gasteiger partial charge in [-0.1, -0.05) is 28.9 Å². The van der Waals surface area contributed by atoms with E-state index in [2.05, 4.69) is 15.9 Å². The minimum Gasteiger partial charge on any atom is -0.207 e. The van der Waals surface area contributed by atoms with Gasteiger partial charge in [0.25, 0.3) is 0 Å². The van der Waals surface area contributed by atoms with E-state index in [1.54, 1.807) is 22.5 Å². The van der Waals surface area contributed by atoms with E-state index >= 15 is 0 Å². The Kier molecular flexibility index (Phi) is 3.90. The second kappa shape index (κ2) is 5.08. The van der Waals surface area contributed by atoms with Crippen LogP contribution in [0.3, 0.4) is 0 Å². The zero-order valence-electron chi connectivity index (χ0n) is 9.77. The van der Waals surface area contributed by atoms with Crippen LogP contribution in [0.15, 0.2) is 33.6 Å². The highest BCUT2D eigenvalue weighted by atomic mass is 79.9. The van der Waals surface area contributed by atoms with Crippen LogP contribution in [-0.4, -0.2) is 25.3 Å². The number of sulfonamides is 1. The van der Waals surface area contributed by atoms with Crippen molar-refractivity contribution in [3.05, 3.63) is 28.7 Å². The zero-order chi connectivity index (χ0) is 12.5. The smallest absolute Gasteiger partial charge is 0.207 e. The Morgan fingerprint density at radius 1 is 1.47 bits per heavy atom. The molecule has 1 fully saturated rings. The minimum absolute atomic E-state index is 0.166. The molecule has 3 nitrogen and oxygen atoms in total. The summed E-state index contributed by atoms with van der Waals surface area (Å²) in [6, 6.07) is 7.08. The first-order chi connectivity index (χ1) is 8.05. The third kappa shape index (κ3) is 2.56. The molecule has 1 atom stereocenters. The number of halogens is 1. The Balaban J connectivity index is 2.36. The average Bonchev–Trinajstić information content (AvgIpc) is 2.77. The largest absolute Gasteiger partial charge is 0.243 e. The molecular weight excluding hydrogens is 302 g/mol. The van der Waals surface area contributed by atoms with E-state index in [0.29, 0.717) is 11.4 Å². The maximum absolute atomic E-state index is 12.5. The summed E-state index contributed by atoms with van der Waals surface area (Å²) in [5.41, 5.74) is 0. The fourth-order valence-corrected chi connectivity index (χ4v) is 4.66. The summed E-state index contributed by atoms with van der Waals surface area (Å²) in [7, 11) is -3.32. The molecule has 0 aliphatic carbocycles. The summed E-state index contributed by atoms with van der Waals surface area (Å²) in [6.07, 6.45) is 2.82. The van der Waals surface area contributed by atoms with Crippen LogP contribution in [0.4, 0.5) is 0 Å². The molecule has 0 aromatic heterocycles. The first kappa shape index (κ1) is 13.1. The van der Waals surface area contributed by atoms with Gasteiger partial charge in [-0.15, -0.1) is 0 Å². The fraction of sp³-hybridized carbons (Fsp3) is 0.500. The molecule has 0 spiro atoms. The molecule has 0 bridgehead atoms. The fourth-order valence-electron chi connectivity index (χ4n) is 2.30.